The quantitative estimate of drug-likeness (QED) is 0.135. The average Bonchev–Trinajstić information content (AvgIpc) is 3.11. The van der Waals surface area contributed by atoms with Gasteiger partial charge >= 0.3 is 18.2 Å². The summed E-state index contributed by atoms with van der Waals surface area (Å²) < 4.78 is 38.6. The molecule has 1 atom stereocenters. The largest absolute Gasteiger partial charge is 0.542 e. The number of anilines is 1. The second-order valence-corrected chi connectivity index (χ2v) is 13.2. The zero-order valence-corrected chi connectivity index (χ0v) is 28.5. The highest BCUT2D eigenvalue weighted by Crippen LogP contribution is 2.38. The van der Waals surface area contributed by atoms with Crippen LogP contribution >= 0.6 is 0 Å². The van der Waals surface area contributed by atoms with E-state index in [4.69, 9.17) is 14.6 Å². The number of hydrogen-bond acceptors (Lipinski definition) is 6. The number of aliphatic hydroxyl groups is 1. The number of carbonyl (C=O) groups excluding carboxylic acids is 3. The van der Waals surface area contributed by atoms with E-state index in [2.05, 4.69) is 29.7 Å². The van der Waals surface area contributed by atoms with Gasteiger partial charge in [0.05, 0.1) is 19.6 Å². The molecule has 3 aromatic rings. The van der Waals surface area contributed by atoms with Crippen LogP contribution < -0.4 is 15.7 Å². The van der Waals surface area contributed by atoms with Gasteiger partial charge in [-0.1, -0.05) is 86.1 Å². The van der Waals surface area contributed by atoms with E-state index in [0.717, 1.165) is 67.6 Å². The van der Waals surface area contributed by atoms with Crippen molar-refractivity contribution in [1.29, 1.82) is 0 Å². The lowest BCUT2D eigenvalue weighted by molar-refractivity contribution is -0.946. The highest BCUT2D eigenvalue weighted by molar-refractivity contribution is 5.90. The summed E-state index contributed by atoms with van der Waals surface area (Å²) in [4.78, 5) is 35.2. The number of hydrogen-bond donors (Lipinski definition) is 3. The zero-order valence-electron chi connectivity index (χ0n) is 28.5. The normalized spacial score (nSPS) is 19.9. The predicted molar refractivity (Wildman–Crippen MR) is 181 cm³/mol. The van der Waals surface area contributed by atoms with Crippen LogP contribution in [0.25, 0.3) is 0 Å². The summed E-state index contributed by atoms with van der Waals surface area (Å²) in [6.07, 6.45) is 0.786. The number of benzene rings is 3. The maximum atomic E-state index is 13.8. The molecule has 3 aliphatic rings. The molecule has 3 heterocycles. The van der Waals surface area contributed by atoms with Crippen LogP contribution in [-0.2, 0) is 26.3 Å². The predicted octanol–water partition coefficient (Wildman–Crippen LogP) is 5.24. The number of quaternary nitrogens is 1. The fourth-order valence-electron chi connectivity index (χ4n) is 6.84. The van der Waals surface area contributed by atoms with Gasteiger partial charge in [0.1, 0.15) is 12.5 Å². The summed E-state index contributed by atoms with van der Waals surface area (Å²) >= 11 is 0. The number of carboxylic acids is 1. The number of halogens is 3. The monoisotopic (exact) mass is 697 g/mol. The van der Waals surface area contributed by atoms with E-state index in [0.29, 0.717) is 23.6 Å². The average molecular weight is 698 g/mol. The molecular formula is C38H46F3N3O6. The molecule has 6 rings (SSSR count). The van der Waals surface area contributed by atoms with Crippen molar-refractivity contribution in [2.75, 3.05) is 38.0 Å². The highest BCUT2D eigenvalue weighted by Gasteiger charge is 2.50. The minimum absolute atomic E-state index is 0.185. The molecule has 50 heavy (non-hydrogen) atoms. The van der Waals surface area contributed by atoms with Crippen molar-refractivity contribution in [2.24, 2.45) is 5.92 Å². The summed E-state index contributed by atoms with van der Waals surface area (Å²) in [5.41, 5.74) is 2.36. The summed E-state index contributed by atoms with van der Waals surface area (Å²) in [6.45, 7) is 8.56. The van der Waals surface area contributed by atoms with E-state index in [9.17, 15) is 27.9 Å². The van der Waals surface area contributed by atoms with Gasteiger partial charge in [0, 0.05) is 37.4 Å². The Morgan fingerprint density at radius 1 is 0.940 bits per heavy atom. The molecule has 12 heteroatoms. The number of rotatable bonds is 12. The van der Waals surface area contributed by atoms with Gasteiger partial charge in [0.25, 0.3) is 0 Å². The van der Waals surface area contributed by atoms with Crippen molar-refractivity contribution >= 4 is 23.7 Å². The number of nitrogens with one attached hydrogen (secondary N) is 2. The topological polar surface area (TPSA) is 128 Å². The van der Waals surface area contributed by atoms with Gasteiger partial charge in [0.15, 0.2) is 6.10 Å². The molecule has 0 unspecified atom stereocenters. The van der Waals surface area contributed by atoms with Crippen molar-refractivity contribution in [2.45, 2.75) is 70.3 Å². The van der Waals surface area contributed by atoms with Crippen LogP contribution in [0.3, 0.4) is 0 Å². The SMILES string of the molecule is CCCCc1ccc(NC(=O)NCCC[N+]23CCC(CC2)[C@@H](OC(=O)C(O)(c2ccccc2)c2ccccc2)C3)c(C)c1.O=C([O-])C(F)(F)F. The van der Waals surface area contributed by atoms with Crippen molar-refractivity contribution in [1.82, 2.24) is 5.32 Å². The Balaban J connectivity index is 0.000000727. The second-order valence-electron chi connectivity index (χ2n) is 13.2. The van der Waals surface area contributed by atoms with Crippen molar-refractivity contribution in [3.8, 4) is 0 Å². The maximum Gasteiger partial charge on any atom is 0.430 e. The summed E-state index contributed by atoms with van der Waals surface area (Å²) in [5, 5.41) is 26.7. The molecule has 270 valence electrons. The minimum Gasteiger partial charge on any atom is -0.542 e. The number of nitrogens with zero attached hydrogens (tertiary/aromatic N) is 1. The van der Waals surface area contributed by atoms with Crippen LogP contribution in [0.4, 0.5) is 23.7 Å². The Kier molecular flexibility index (Phi) is 13.0. The first kappa shape index (κ1) is 38.4. The van der Waals surface area contributed by atoms with Gasteiger partial charge in [-0.25, -0.2) is 9.59 Å². The van der Waals surface area contributed by atoms with Crippen LogP contribution in [0.5, 0.6) is 0 Å². The van der Waals surface area contributed by atoms with Gasteiger partial charge in [-0.15, -0.1) is 0 Å². The molecule has 0 aliphatic carbocycles. The fraction of sp³-hybridized carbons (Fsp3) is 0.447. The van der Waals surface area contributed by atoms with E-state index in [-0.39, 0.29) is 12.1 Å². The van der Waals surface area contributed by atoms with Gasteiger partial charge in [-0.3, -0.25) is 0 Å². The summed E-state index contributed by atoms with van der Waals surface area (Å²) in [5.74, 6) is -3.32. The number of urea groups is 1. The summed E-state index contributed by atoms with van der Waals surface area (Å²) in [7, 11) is 0. The van der Waals surface area contributed by atoms with Crippen LogP contribution in [0.2, 0.25) is 0 Å². The van der Waals surface area contributed by atoms with Gasteiger partial charge in [-0.05, 0) is 48.1 Å². The van der Waals surface area contributed by atoms with Crippen LogP contribution in [0, 0.1) is 12.8 Å². The van der Waals surface area contributed by atoms with Crippen molar-refractivity contribution in [3.05, 3.63) is 101 Å². The smallest absolute Gasteiger partial charge is 0.430 e. The number of carbonyl (C=O) groups is 3. The molecule has 0 radical (unpaired) electrons. The number of carboxylic acid groups (broad SMARTS) is 1. The third-order valence-corrected chi connectivity index (χ3v) is 9.66. The van der Waals surface area contributed by atoms with Crippen LogP contribution in [-0.4, -0.2) is 72.6 Å². The Bertz CT molecular complexity index is 1540. The zero-order chi connectivity index (χ0) is 36.4. The lowest BCUT2D eigenvalue weighted by atomic mass is 9.82. The van der Waals surface area contributed by atoms with E-state index >= 15 is 0 Å². The molecular weight excluding hydrogens is 651 g/mol. The number of piperidine rings is 3. The fourth-order valence-corrected chi connectivity index (χ4v) is 6.84. The second kappa shape index (κ2) is 17.0. The number of aryl methyl sites for hydroxylation is 2. The number of alkyl halides is 3. The third-order valence-electron chi connectivity index (χ3n) is 9.66. The molecule has 3 saturated heterocycles. The maximum absolute atomic E-state index is 13.8. The Morgan fingerprint density at radius 3 is 2.04 bits per heavy atom. The van der Waals surface area contributed by atoms with Crippen molar-refractivity contribution < 1.29 is 47.0 Å². The first-order chi connectivity index (χ1) is 23.8. The number of unbranched alkanes of at least 4 members (excludes halogenated alkanes) is 1. The minimum atomic E-state index is -5.19. The van der Waals surface area contributed by atoms with E-state index < -0.39 is 23.7 Å². The lowest BCUT2D eigenvalue weighted by Gasteiger charge is -2.52. The van der Waals surface area contributed by atoms with E-state index in [1.807, 2.05) is 49.4 Å². The van der Waals surface area contributed by atoms with Crippen molar-refractivity contribution in [3.63, 3.8) is 0 Å². The molecule has 3 N–H and O–H groups in total. The molecule has 9 nitrogen and oxygen atoms in total. The Morgan fingerprint density at radius 2 is 1.52 bits per heavy atom. The van der Waals surface area contributed by atoms with Gasteiger partial charge in [-0.2, -0.15) is 13.2 Å². The lowest BCUT2D eigenvalue weighted by Crippen LogP contribution is -2.65. The van der Waals surface area contributed by atoms with Crippen LogP contribution in [0.15, 0.2) is 78.9 Å². The van der Waals surface area contributed by atoms with Crippen LogP contribution in [0.1, 0.15) is 61.3 Å². The highest BCUT2D eigenvalue weighted by atomic mass is 19.4. The Labute approximate surface area is 291 Å². The molecule has 3 aromatic carbocycles. The van der Waals surface area contributed by atoms with E-state index in [1.165, 1.54) is 18.4 Å². The number of ether oxygens (including phenoxy) is 1. The molecule has 2 amide bonds. The molecule has 3 fully saturated rings. The molecule has 0 aromatic heterocycles. The molecule has 0 saturated carbocycles. The van der Waals surface area contributed by atoms with Gasteiger partial charge in [0.2, 0.25) is 5.60 Å². The number of fused-ring (bicyclic) bond motifs is 3. The summed E-state index contributed by atoms with van der Waals surface area (Å²) in [6, 6.07) is 24.2. The molecule has 0 spiro atoms. The van der Waals surface area contributed by atoms with E-state index in [1.54, 1.807) is 24.3 Å². The number of amides is 2. The third kappa shape index (κ3) is 9.85. The first-order valence-electron chi connectivity index (χ1n) is 17.1. The van der Waals surface area contributed by atoms with Gasteiger partial charge < -0.3 is 34.9 Å². The molecule has 3 aliphatic heterocycles. The first-order valence-corrected chi connectivity index (χ1v) is 17.1. The molecule has 2 bridgehead atoms. The Hall–Kier alpha value is -4.42. The number of aliphatic carboxylic acids is 1. The standard InChI is InChI=1S/C36H45N3O4.C2HF3O2/c1-3-4-12-28-17-18-32(27(2)25-28)38-35(41)37-21-11-22-39-23-19-29(20-24-39)33(26-39)43-34(40)36(42,30-13-7-5-8-14-30)31-15-9-6-10-16-31;3-2(4,5)1(6)7/h5-10,13-18,25,29,33,42H,3-4,11-12,19-24,26H2,1-2H3,(H-,37,38,41);(H,6,7)/t29?,33-,39?;/m0./s1. The number of esters is 1.